The number of esters is 1. The molecule has 1 aromatic heterocycles. The highest BCUT2D eigenvalue weighted by molar-refractivity contribution is 5.89. The zero-order valence-electron chi connectivity index (χ0n) is 19.1. The van der Waals surface area contributed by atoms with E-state index >= 15 is 0 Å². The molecule has 34 heavy (non-hydrogen) atoms. The average molecular weight is 471 g/mol. The summed E-state index contributed by atoms with van der Waals surface area (Å²) in [6.07, 6.45) is 0.789. The molecule has 1 atom stereocenters. The van der Waals surface area contributed by atoms with E-state index in [2.05, 4.69) is 4.98 Å². The Morgan fingerprint density at radius 3 is 2.56 bits per heavy atom. The van der Waals surface area contributed by atoms with E-state index in [9.17, 15) is 18.4 Å². The maximum absolute atomic E-state index is 14.4. The summed E-state index contributed by atoms with van der Waals surface area (Å²) in [7, 11) is 1.20. The Labute approximate surface area is 195 Å². The van der Waals surface area contributed by atoms with E-state index in [1.54, 1.807) is 20.8 Å². The van der Waals surface area contributed by atoms with Gasteiger partial charge in [-0.2, -0.15) is 5.26 Å². The van der Waals surface area contributed by atoms with Gasteiger partial charge >= 0.3 is 12.1 Å². The molecule has 0 fully saturated rings. The number of nitrogens with zero attached hydrogens (tertiary/aromatic N) is 3. The van der Waals surface area contributed by atoms with E-state index in [0.29, 0.717) is 11.3 Å². The first-order valence-corrected chi connectivity index (χ1v) is 10.3. The van der Waals surface area contributed by atoms with Crippen LogP contribution in [0.15, 0.2) is 36.4 Å². The van der Waals surface area contributed by atoms with E-state index in [1.807, 2.05) is 6.07 Å². The van der Waals surface area contributed by atoms with E-state index in [-0.39, 0.29) is 30.2 Å². The molecule has 1 aromatic carbocycles. The van der Waals surface area contributed by atoms with Gasteiger partial charge in [-0.05, 0) is 62.8 Å². The third-order valence-electron chi connectivity index (χ3n) is 4.78. The fourth-order valence-corrected chi connectivity index (χ4v) is 3.19. The molecule has 0 saturated heterocycles. The SMILES string of the molecule is COC(=O)[C@H]1C=C(c2ccc(F)c(COc3ccc(C#N)cc3F)n2)CN1C(=O)OC(C)(C)C. The molecule has 0 aliphatic carbocycles. The minimum atomic E-state index is -1.03. The van der Waals surface area contributed by atoms with Crippen molar-refractivity contribution in [3.05, 3.63) is 65.0 Å². The van der Waals surface area contributed by atoms with Crippen LogP contribution in [0.5, 0.6) is 5.75 Å². The van der Waals surface area contributed by atoms with Crippen LogP contribution in [0, 0.1) is 23.0 Å². The quantitative estimate of drug-likeness (QED) is 0.608. The van der Waals surface area contributed by atoms with Gasteiger partial charge < -0.3 is 14.2 Å². The second-order valence-corrected chi connectivity index (χ2v) is 8.44. The first kappa shape index (κ1) is 24.6. The molecule has 8 nitrogen and oxygen atoms in total. The molecular weight excluding hydrogens is 448 g/mol. The van der Waals surface area contributed by atoms with E-state index in [0.717, 1.165) is 6.07 Å². The summed E-state index contributed by atoms with van der Waals surface area (Å²) < 4.78 is 44.0. The van der Waals surface area contributed by atoms with Crippen molar-refractivity contribution in [2.75, 3.05) is 13.7 Å². The smallest absolute Gasteiger partial charge is 0.411 e. The van der Waals surface area contributed by atoms with Crippen LogP contribution >= 0.6 is 0 Å². The number of hydrogen-bond acceptors (Lipinski definition) is 7. The number of ether oxygens (including phenoxy) is 3. The van der Waals surface area contributed by atoms with Crippen molar-refractivity contribution in [1.82, 2.24) is 9.88 Å². The number of amides is 1. The molecule has 2 aromatic rings. The van der Waals surface area contributed by atoms with Crippen molar-refractivity contribution in [2.45, 2.75) is 39.0 Å². The maximum Gasteiger partial charge on any atom is 0.411 e. The van der Waals surface area contributed by atoms with Gasteiger partial charge in [0, 0.05) is 0 Å². The molecule has 0 bridgehead atoms. The highest BCUT2D eigenvalue weighted by Gasteiger charge is 2.38. The zero-order valence-corrected chi connectivity index (χ0v) is 19.1. The molecule has 1 aliphatic heterocycles. The lowest BCUT2D eigenvalue weighted by Gasteiger charge is -2.27. The summed E-state index contributed by atoms with van der Waals surface area (Å²) in [5, 5.41) is 8.83. The third-order valence-corrected chi connectivity index (χ3v) is 4.78. The molecule has 0 spiro atoms. The molecular formula is C24H23F2N3O5. The van der Waals surface area contributed by atoms with Crippen LogP contribution in [0.25, 0.3) is 5.57 Å². The number of hydrogen-bond donors (Lipinski definition) is 0. The molecule has 0 N–H and O–H groups in total. The Hall–Kier alpha value is -4.00. The van der Waals surface area contributed by atoms with Gasteiger partial charge in [-0.1, -0.05) is 0 Å². The van der Waals surface area contributed by atoms with Gasteiger partial charge in [-0.25, -0.2) is 23.4 Å². The molecule has 1 aliphatic rings. The largest absolute Gasteiger partial charge is 0.484 e. The maximum atomic E-state index is 14.4. The predicted octanol–water partition coefficient (Wildman–Crippen LogP) is 3.99. The number of carbonyl (C=O) groups is 2. The van der Waals surface area contributed by atoms with Crippen LogP contribution in [0.4, 0.5) is 13.6 Å². The molecule has 0 saturated carbocycles. The van der Waals surface area contributed by atoms with E-state index in [1.165, 1.54) is 42.4 Å². The average Bonchev–Trinajstić information content (AvgIpc) is 3.23. The lowest BCUT2D eigenvalue weighted by atomic mass is 10.1. The number of nitriles is 1. The molecule has 3 rings (SSSR count). The Kier molecular flexibility index (Phi) is 7.15. The summed E-state index contributed by atoms with van der Waals surface area (Å²) >= 11 is 0. The lowest BCUT2D eigenvalue weighted by molar-refractivity contribution is -0.144. The zero-order chi connectivity index (χ0) is 25.0. The van der Waals surface area contributed by atoms with Crippen LogP contribution in [0.2, 0.25) is 0 Å². The number of rotatable bonds is 5. The van der Waals surface area contributed by atoms with E-state index in [4.69, 9.17) is 19.5 Å². The van der Waals surface area contributed by atoms with Crippen LogP contribution < -0.4 is 4.74 Å². The summed E-state index contributed by atoms with van der Waals surface area (Å²) in [6.45, 7) is 4.71. The van der Waals surface area contributed by atoms with Gasteiger partial charge in [0.25, 0.3) is 0 Å². The second-order valence-electron chi connectivity index (χ2n) is 8.44. The Balaban J connectivity index is 1.83. The highest BCUT2D eigenvalue weighted by atomic mass is 19.1. The summed E-state index contributed by atoms with van der Waals surface area (Å²) in [5.41, 5.74) is 0.0266. The summed E-state index contributed by atoms with van der Waals surface area (Å²) in [4.78, 5) is 30.3. The minimum absolute atomic E-state index is 0.0160. The second kappa shape index (κ2) is 9.87. The standard InChI is InChI=1S/C24H23F2N3O5/c1-24(2,3)34-23(31)29-12-15(10-20(29)22(30)32-4)18-7-6-16(25)19(28-18)13-33-21-8-5-14(11-27)9-17(21)26/h5-10,20H,12-13H2,1-4H3/t20-/m1/s1. The predicted molar refractivity (Wildman–Crippen MR) is 116 cm³/mol. The lowest BCUT2D eigenvalue weighted by Crippen LogP contribution is -2.44. The Morgan fingerprint density at radius 1 is 1.21 bits per heavy atom. The third kappa shape index (κ3) is 5.67. The van der Waals surface area contributed by atoms with Crippen molar-refractivity contribution < 1.29 is 32.6 Å². The van der Waals surface area contributed by atoms with Crippen molar-refractivity contribution in [3.8, 4) is 11.8 Å². The number of aromatic nitrogens is 1. The molecule has 1 amide bonds. The molecule has 2 heterocycles. The van der Waals surface area contributed by atoms with Gasteiger partial charge in [0.1, 0.15) is 23.7 Å². The monoisotopic (exact) mass is 471 g/mol. The molecule has 10 heteroatoms. The Bertz CT molecular complexity index is 1180. The molecule has 0 unspecified atom stereocenters. The topological polar surface area (TPSA) is 102 Å². The van der Waals surface area contributed by atoms with Crippen molar-refractivity contribution >= 4 is 17.6 Å². The van der Waals surface area contributed by atoms with Crippen LogP contribution in [0.1, 0.15) is 37.7 Å². The van der Waals surface area contributed by atoms with Gasteiger partial charge in [0.05, 0.1) is 31.0 Å². The van der Waals surface area contributed by atoms with Gasteiger partial charge in [-0.3, -0.25) is 4.90 Å². The van der Waals surface area contributed by atoms with Crippen LogP contribution in [0.3, 0.4) is 0 Å². The number of halogens is 2. The number of benzene rings is 1. The van der Waals surface area contributed by atoms with Gasteiger partial charge in [-0.15, -0.1) is 0 Å². The fraction of sp³-hybridized carbons (Fsp3) is 0.333. The number of carbonyl (C=O) groups excluding carboxylic acids is 2. The summed E-state index contributed by atoms with van der Waals surface area (Å²) in [5.74, 6) is -2.26. The summed E-state index contributed by atoms with van der Waals surface area (Å²) in [6, 6.07) is 7.01. The van der Waals surface area contributed by atoms with Gasteiger partial charge in [0.15, 0.2) is 17.6 Å². The van der Waals surface area contributed by atoms with Crippen molar-refractivity contribution in [1.29, 1.82) is 5.26 Å². The highest BCUT2D eigenvalue weighted by Crippen LogP contribution is 2.28. The normalized spacial score (nSPS) is 15.4. The minimum Gasteiger partial charge on any atom is -0.484 e. The first-order chi connectivity index (χ1) is 16.0. The number of pyridine rings is 1. The Morgan fingerprint density at radius 2 is 1.94 bits per heavy atom. The molecule has 0 radical (unpaired) electrons. The fourth-order valence-electron chi connectivity index (χ4n) is 3.19. The van der Waals surface area contributed by atoms with Crippen LogP contribution in [-0.2, 0) is 20.9 Å². The first-order valence-electron chi connectivity index (χ1n) is 10.3. The van der Waals surface area contributed by atoms with Crippen molar-refractivity contribution in [3.63, 3.8) is 0 Å². The van der Waals surface area contributed by atoms with Crippen molar-refractivity contribution in [2.24, 2.45) is 0 Å². The number of methoxy groups -OCH3 is 1. The van der Waals surface area contributed by atoms with Crippen LogP contribution in [-0.4, -0.2) is 47.2 Å². The van der Waals surface area contributed by atoms with Gasteiger partial charge in [0.2, 0.25) is 0 Å². The van der Waals surface area contributed by atoms with E-state index < -0.39 is 35.3 Å². The molecule has 178 valence electrons.